The van der Waals surface area contributed by atoms with E-state index in [0.29, 0.717) is 5.13 Å². The second-order valence-electron chi connectivity index (χ2n) is 6.44. The number of nitrogens with zero attached hydrogens (tertiary/aromatic N) is 4. The zero-order valence-electron chi connectivity index (χ0n) is 15.4. The average Bonchev–Trinajstić information content (AvgIpc) is 3.16. The Labute approximate surface area is 174 Å². The van der Waals surface area contributed by atoms with Crippen molar-refractivity contribution in [1.29, 1.82) is 0 Å². The van der Waals surface area contributed by atoms with Crippen molar-refractivity contribution in [2.75, 3.05) is 10.6 Å². The number of nitrogens with one attached hydrogen (secondary N) is 2. The fourth-order valence-electron chi connectivity index (χ4n) is 3.22. The van der Waals surface area contributed by atoms with E-state index in [9.17, 15) is 10.1 Å². The van der Waals surface area contributed by atoms with Gasteiger partial charge in [-0.1, -0.05) is 59.9 Å². The summed E-state index contributed by atoms with van der Waals surface area (Å²) in [6.07, 6.45) is 1.29. The van der Waals surface area contributed by atoms with Gasteiger partial charge in [0.2, 0.25) is 11.6 Å². The van der Waals surface area contributed by atoms with E-state index in [1.54, 1.807) is 0 Å². The predicted octanol–water partition coefficient (Wildman–Crippen LogP) is 5.63. The predicted molar refractivity (Wildman–Crippen MR) is 119 cm³/mol. The Morgan fingerprint density at radius 2 is 1.60 bits per heavy atom. The normalized spacial score (nSPS) is 10.9. The maximum absolute atomic E-state index is 11.9. The van der Waals surface area contributed by atoms with Gasteiger partial charge in [-0.2, -0.15) is 0 Å². The van der Waals surface area contributed by atoms with Crippen LogP contribution in [0.4, 0.5) is 28.1 Å². The second-order valence-corrected chi connectivity index (χ2v) is 7.47. The van der Waals surface area contributed by atoms with Crippen LogP contribution in [0.1, 0.15) is 0 Å². The lowest BCUT2D eigenvalue weighted by atomic mass is 10.1. The molecule has 2 aromatic heterocycles. The van der Waals surface area contributed by atoms with Gasteiger partial charge in [0.05, 0.1) is 15.1 Å². The molecule has 0 aliphatic heterocycles. The molecule has 0 atom stereocenters. The highest BCUT2D eigenvalue weighted by Crippen LogP contribution is 2.36. The van der Waals surface area contributed by atoms with Crippen LogP contribution in [0.2, 0.25) is 0 Å². The lowest BCUT2D eigenvalue weighted by molar-refractivity contribution is -0.383. The summed E-state index contributed by atoms with van der Waals surface area (Å²) in [7, 11) is 0. The third kappa shape index (κ3) is 3.27. The molecule has 30 heavy (non-hydrogen) atoms. The highest BCUT2D eigenvalue weighted by atomic mass is 32.1. The first-order chi connectivity index (χ1) is 14.7. The van der Waals surface area contributed by atoms with Crippen molar-refractivity contribution in [1.82, 2.24) is 15.0 Å². The standard InChI is InChI=1S/C21H14N6O2S/c28-27(29)18-19(24-15-10-5-7-13-6-1-2-8-14(13)15)22-12-23-20(18)26-21-25-16-9-3-4-11-17(16)30-21/h1-12H,(H2,22,23,24,25,26). The minimum Gasteiger partial charge on any atom is -0.334 e. The van der Waals surface area contributed by atoms with Crippen LogP contribution in [-0.4, -0.2) is 19.9 Å². The molecule has 2 heterocycles. The molecule has 2 N–H and O–H groups in total. The molecule has 146 valence electrons. The van der Waals surface area contributed by atoms with Gasteiger partial charge in [0.15, 0.2) is 5.13 Å². The van der Waals surface area contributed by atoms with Gasteiger partial charge in [-0.05, 0) is 23.6 Å². The van der Waals surface area contributed by atoms with Crippen LogP contribution in [0.15, 0.2) is 73.1 Å². The van der Waals surface area contributed by atoms with Crippen LogP contribution < -0.4 is 10.6 Å². The fourth-order valence-corrected chi connectivity index (χ4v) is 4.09. The Balaban J connectivity index is 1.55. The molecular formula is C21H14N6O2S. The Hall–Kier alpha value is -4.11. The number of aromatic nitrogens is 3. The molecule has 0 amide bonds. The minimum absolute atomic E-state index is 0.0804. The number of thiazole rings is 1. The summed E-state index contributed by atoms with van der Waals surface area (Å²) in [6.45, 7) is 0. The van der Waals surface area contributed by atoms with Crippen molar-refractivity contribution >= 4 is 60.5 Å². The highest BCUT2D eigenvalue weighted by molar-refractivity contribution is 7.22. The summed E-state index contributed by atoms with van der Waals surface area (Å²) in [6, 6.07) is 21.2. The Bertz CT molecular complexity index is 1360. The maximum Gasteiger partial charge on any atom is 0.353 e. The molecule has 0 aliphatic carbocycles. The molecule has 8 nitrogen and oxygen atoms in total. The zero-order chi connectivity index (χ0) is 20.5. The van der Waals surface area contributed by atoms with Gasteiger partial charge in [-0.15, -0.1) is 0 Å². The number of rotatable bonds is 5. The van der Waals surface area contributed by atoms with E-state index in [0.717, 1.165) is 26.7 Å². The summed E-state index contributed by atoms with van der Waals surface area (Å²) in [5, 5.41) is 20.4. The highest BCUT2D eigenvalue weighted by Gasteiger charge is 2.24. The molecule has 0 spiro atoms. The Kier molecular flexibility index (Phi) is 4.41. The molecule has 0 saturated carbocycles. The molecule has 0 aliphatic rings. The van der Waals surface area contributed by atoms with Crippen molar-refractivity contribution in [2.45, 2.75) is 0 Å². The summed E-state index contributed by atoms with van der Waals surface area (Å²) in [5.41, 5.74) is 1.29. The molecule has 0 radical (unpaired) electrons. The van der Waals surface area contributed by atoms with E-state index < -0.39 is 4.92 Å². The number of fused-ring (bicyclic) bond motifs is 2. The van der Waals surface area contributed by atoms with Gasteiger partial charge < -0.3 is 10.6 Å². The monoisotopic (exact) mass is 414 g/mol. The minimum atomic E-state index is -0.497. The van der Waals surface area contributed by atoms with E-state index in [4.69, 9.17) is 0 Å². The molecule has 0 bridgehead atoms. The molecule has 9 heteroatoms. The molecule has 5 rings (SSSR count). The van der Waals surface area contributed by atoms with Crippen LogP contribution in [0.3, 0.4) is 0 Å². The average molecular weight is 414 g/mol. The molecule has 0 saturated heterocycles. The van der Waals surface area contributed by atoms with Crippen LogP contribution in [0.25, 0.3) is 21.0 Å². The van der Waals surface area contributed by atoms with E-state index in [1.807, 2.05) is 66.7 Å². The zero-order valence-corrected chi connectivity index (χ0v) is 16.3. The van der Waals surface area contributed by atoms with Crippen LogP contribution in [0.5, 0.6) is 0 Å². The van der Waals surface area contributed by atoms with Crippen LogP contribution >= 0.6 is 11.3 Å². The third-order valence-electron chi connectivity index (χ3n) is 4.57. The van der Waals surface area contributed by atoms with E-state index in [-0.39, 0.29) is 17.3 Å². The first-order valence-electron chi connectivity index (χ1n) is 9.06. The lowest BCUT2D eigenvalue weighted by Gasteiger charge is -2.11. The first kappa shape index (κ1) is 18.0. The van der Waals surface area contributed by atoms with Gasteiger partial charge in [-0.25, -0.2) is 15.0 Å². The first-order valence-corrected chi connectivity index (χ1v) is 9.87. The van der Waals surface area contributed by atoms with E-state index in [2.05, 4.69) is 25.6 Å². The molecular weight excluding hydrogens is 400 g/mol. The second kappa shape index (κ2) is 7.37. The van der Waals surface area contributed by atoms with Crippen molar-refractivity contribution in [2.24, 2.45) is 0 Å². The summed E-state index contributed by atoms with van der Waals surface area (Å²) < 4.78 is 0.978. The Morgan fingerprint density at radius 3 is 2.43 bits per heavy atom. The van der Waals surface area contributed by atoms with Gasteiger partial charge >= 0.3 is 5.69 Å². The van der Waals surface area contributed by atoms with Gasteiger partial charge in [0.1, 0.15) is 6.33 Å². The third-order valence-corrected chi connectivity index (χ3v) is 5.52. The summed E-state index contributed by atoms with van der Waals surface area (Å²) >= 11 is 1.40. The molecule has 0 fully saturated rings. The number of hydrogen-bond donors (Lipinski definition) is 2. The molecule has 0 unspecified atom stereocenters. The molecule has 3 aromatic carbocycles. The quantitative estimate of drug-likeness (QED) is 0.283. The summed E-state index contributed by atoms with van der Waals surface area (Å²) in [5.74, 6) is 0.187. The van der Waals surface area contributed by atoms with Crippen molar-refractivity contribution < 1.29 is 4.92 Å². The van der Waals surface area contributed by atoms with Crippen molar-refractivity contribution in [3.8, 4) is 0 Å². The smallest absolute Gasteiger partial charge is 0.334 e. The van der Waals surface area contributed by atoms with Crippen LogP contribution in [0, 0.1) is 10.1 Å². The molecule has 5 aromatic rings. The summed E-state index contributed by atoms with van der Waals surface area (Å²) in [4.78, 5) is 24.1. The van der Waals surface area contributed by atoms with E-state index >= 15 is 0 Å². The lowest BCUT2D eigenvalue weighted by Crippen LogP contribution is -2.05. The number of para-hydroxylation sites is 1. The fraction of sp³-hybridized carbons (Fsp3) is 0. The Morgan fingerprint density at radius 1 is 0.867 bits per heavy atom. The SMILES string of the molecule is O=[N+]([O-])c1c(Nc2nc3ccccc3s2)ncnc1Nc1cccc2ccccc12. The van der Waals surface area contributed by atoms with Gasteiger partial charge in [0.25, 0.3) is 0 Å². The number of nitro groups is 1. The maximum atomic E-state index is 11.9. The van der Waals surface area contributed by atoms with Crippen LogP contribution in [-0.2, 0) is 0 Å². The van der Waals surface area contributed by atoms with E-state index in [1.165, 1.54) is 17.7 Å². The van der Waals surface area contributed by atoms with Crippen molar-refractivity contribution in [3.63, 3.8) is 0 Å². The van der Waals surface area contributed by atoms with Gasteiger partial charge in [0, 0.05) is 11.1 Å². The number of anilines is 4. The van der Waals surface area contributed by atoms with Gasteiger partial charge in [-0.3, -0.25) is 10.1 Å². The number of hydrogen-bond acceptors (Lipinski definition) is 8. The van der Waals surface area contributed by atoms with Crippen molar-refractivity contribution in [3.05, 3.63) is 83.2 Å². The largest absolute Gasteiger partial charge is 0.353 e. The number of benzene rings is 3. The topological polar surface area (TPSA) is 106 Å².